The van der Waals surface area contributed by atoms with Crippen LogP contribution in [0.1, 0.15) is 6.92 Å². The number of thioether (sulfide) groups is 1. The summed E-state index contributed by atoms with van der Waals surface area (Å²) in [6.07, 6.45) is 0. The molecular weight excluding hydrogens is 410 g/mol. The fourth-order valence-corrected chi connectivity index (χ4v) is 3.77. The molecule has 1 aliphatic rings. The Hall–Kier alpha value is -0.860. The second-order valence-corrected chi connectivity index (χ2v) is 6.50. The van der Waals surface area contributed by atoms with Gasteiger partial charge in [0.2, 0.25) is 5.91 Å². The topological polar surface area (TPSA) is 61.8 Å². The van der Waals surface area contributed by atoms with Crippen molar-refractivity contribution in [2.75, 3.05) is 17.6 Å². The number of amidine groups is 1. The molecule has 2 rings (SSSR count). The largest absolute Gasteiger partial charge is 0.347 e. The van der Waals surface area contributed by atoms with Crippen molar-refractivity contribution in [3.8, 4) is 0 Å². The highest BCUT2D eigenvalue weighted by Crippen LogP contribution is 2.30. The van der Waals surface area contributed by atoms with Gasteiger partial charge in [0.05, 0.1) is 11.4 Å². The van der Waals surface area contributed by atoms with Gasteiger partial charge in [-0.3, -0.25) is 9.69 Å². The molecular formula is C12H11Br2N3O2S. The monoisotopic (exact) mass is 419 g/mol. The average molecular weight is 421 g/mol. The van der Waals surface area contributed by atoms with E-state index < -0.39 is 6.03 Å². The number of rotatable bonds is 2. The number of para-hydroxylation sites is 1. The summed E-state index contributed by atoms with van der Waals surface area (Å²) < 4.78 is 1.51. The summed E-state index contributed by atoms with van der Waals surface area (Å²) in [6, 6.07) is 4.98. The molecule has 1 heterocycles. The van der Waals surface area contributed by atoms with Gasteiger partial charge in [-0.2, -0.15) is 4.99 Å². The van der Waals surface area contributed by atoms with Gasteiger partial charge in [0, 0.05) is 15.5 Å². The normalized spacial score (nSPS) is 16.9. The van der Waals surface area contributed by atoms with Crippen LogP contribution in [-0.2, 0) is 4.79 Å². The molecule has 8 heteroatoms. The number of nitrogens with one attached hydrogen (secondary N) is 1. The maximum Gasteiger partial charge on any atom is 0.347 e. The van der Waals surface area contributed by atoms with E-state index in [1.807, 2.05) is 25.1 Å². The van der Waals surface area contributed by atoms with E-state index in [-0.39, 0.29) is 5.91 Å². The fourth-order valence-electron chi connectivity index (χ4n) is 1.63. The molecule has 1 aromatic rings. The minimum absolute atomic E-state index is 0.0221. The van der Waals surface area contributed by atoms with Gasteiger partial charge in [-0.15, -0.1) is 0 Å². The summed E-state index contributed by atoms with van der Waals surface area (Å²) in [5, 5.41) is 3.14. The van der Waals surface area contributed by atoms with Crippen molar-refractivity contribution in [1.29, 1.82) is 0 Å². The van der Waals surface area contributed by atoms with E-state index in [4.69, 9.17) is 0 Å². The molecule has 1 aliphatic heterocycles. The number of carbonyl (C=O) groups is 2. The van der Waals surface area contributed by atoms with Gasteiger partial charge in [-0.1, -0.05) is 17.8 Å². The van der Waals surface area contributed by atoms with Crippen molar-refractivity contribution in [2.24, 2.45) is 4.99 Å². The van der Waals surface area contributed by atoms with E-state index in [1.54, 1.807) is 0 Å². The zero-order valence-electron chi connectivity index (χ0n) is 10.5. The third-order valence-electron chi connectivity index (χ3n) is 2.56. The standard InChI is InChI=1S/C12H11Br2N3O2S/c1-2-17-9(18)6-20-12(17)16-11(19)15-10-7(13)4-3-5-8(10)14/h3-5H,2,6H2,1H3,(H,15,19). The number of carbonyl (C=O) groups excluding carboxylic acids is 2. The number of hydrogen-bond acceptors (Lipinski definition) is 3. The molecule has 0 radical (unpaired) electrons. The number of nitrogens with zero attached hydrogens (tertiary/aromatic N) is 2. The predicted octanol–water partition coefficient (Wildman–Crippen LogP) is 3.69. The third-order valence-corrected chi connectivity index (χ3v) is 4.85. The van der Waals surface area contributed by atoms with Crippen LogP contribution in [0, 0.1) is 0 Å². The summed E-state index contributed by atoms with van der Waals surface area (Å²) in [6.45, 7) is 2.36. The highest BCUT2D eigenvalue weighted by atomic mass is 79.9. The summed E-state index contributed by atoms with van der Waals surface area (Å²) in [5.41, 5.74) is 0.610. The lowest BCUT2D eigenvalue weighted by Crippen LogP contribution is -2.30. The van der Waals surface area contributed by atoms with E-state index in [0.29, 0.717) is 23.2 Å². The average Bonchev–Trinajstić information content (AvgIpc) is 2.74. The molecule has 0 bridgehead atoms. The van der Waals surface area contributed by atoms with Crippen LogP contribution >= 0.6 is 43.6 Å². The zero-order chi connectivity index (χ0) is 14.7. The van der Waals surface area contributed by atoms with Crippen molar-refractivity contribution in [3.05, 3.63) is 27.1 Å². The van der Waals surface area contributed by atoms with Crippen LogP contribution in [0.3, 0.4) is 0 Å². The van der Waals surface area contributed by atoms with E-state index in [0.717, 1.165) is 8.95 Å². The number of aliphatic imine (C=N–C) groups is 1. The lowest BCUT2D eigenvalue weighted by atomic mass is 10.3. The minimum atomic E-state index is -0.506. The van der Waals surface area contributed by atoms with Crippen molar-refractivity contribution in [3.63, 3.8) is 0 Å². The van der Waals surface area contributed by atoms with Crippen molar-refractivity contribution in [2.45, 2.75) is 6.92 Å². The third kappa shape index (κ3) is 3.42. The maximum atomic E-state index is 11.9. The molecule has 1 fully saturated rings. The minimum Gasteiger partial charge on any atom is -0.304 e. The summed E-state index contributed by atoms with van der Waals surface area (Å²) in [4.78, 5) is 28.9. The molecule has 0 atom stereocenters. The van der Waals surface area contributed by atoms with E-state index >= 15 is 0 Å². The van der Waals surface area contributed by atoms with Gasteiger partial charge >= 0.3 is 6.03 Å². The second kappa shape index (κ2) is 6.73. The number of urea groups is 1. The van der Waals surface area contributed by atoms with E-state index in [2.05, 4.69) is 42.2 Å². The first-order valence-corrected chi connectivity index (χ1v) is 8.37. The van der Waals surface area contributed by atoms with Crippen LogP contribution in [0.2, 0.25) is 0 Å². The predicted molar refractivity (Wildman–Crippen MR) is 88.1 cm³/mol. The van der Waals surface area contributed by atoms with Crippen LogP contribution in [0.4, 0.5) is 10.5 Å². The van der Waals surface area contributed by atoms with Gasteiger partial charge < -0.3 is 5.32 Å². The number of hydrogen-bond donors (Lipinski definition) is 1. The van der Waals surface area contributed by atoms with Crippen molar-refractivity contribution >= 4 is 66.4 Å². The van der Waals surface area contributed by atoms with Crippen LogP contribution in [0.15, 0.2) is 32.1 Å². The van der Waals surface area contributed by atoms with E-state index in [1.165, 1.54) is 16.7 Å². The molecule has 0 spiro atoms. The highest BCUT2D eigenvalue weighted by Gasteiger charge is 2.27. The van der Waals surface area contributed by atoms with Crippen LogP contribution in [0.25, 0.3) is 0 Å². The number of anilines is 1. The molecule has 0 aromatic heterocycles. The first-order chi connectivity index (χ1) is 9.52. The fraction of sp³-hybridized carbons (Fsp3) is 0.250. The Morgan fingerprint density at radius 1 is 1.45 bits per heavy atom. The second-order valence-electron chi connectivity index (χ2n) is 3.85. The van der Waals surface area contributed by atoms with Gasteiger partial charge in [-0.25, -0.2) is 4.79 Å². The molecule has 20 heavy (non-hydrogen) atoms. The van der Waals surface area contributed by atoms with Crippen molar-refractivity contribution in [1.82, 2.24) is 4.90 Å². The molecule has 0 unspecified atom stereocenters. The lowest BCUT2D eigenvalue weighted by Gasteiger charge is -2.12. The summed E-state index contributed by atoms with van der Waals surface area (Å²) in [5.74, 6) is 0.310. The molecule has 5 nitrogen and oxygen atoms in total. The molecule has 106 valence electrons. The van der Waals surface area contributed by atoms with Gasteiger partial charge in [0.15, 0.2) is 5.17 Å². The van der Waals surface area contributed by atoms with Crippen LogP contribution < -0.4 is 5.32 Å². The first-order valence-electron chi connectivity index (χ1n) is 5.79. The van der Waals surface area contributed by atoms with Crippen LogP contribution in [-0.4, -0.2) is 34.3 Å². The van der Waals surface area contributed by atoms with Crippen LogP contribution in [0.5, 0.6) is 0 Å². The molecule has 1 aromatic carbocycles. The molecule has 3 amide bonds. The van der Waals surface area contributed by atoms with Gasteiger partial charge in [-0.05, 0) is 50.9 Å². The quantitative estimate of drug-likeness (QED) is 0.793. The van der Waals surface area contributed by atoms with E-state index in [9.17, 15) is 9.59 Å². The Kier molecular flexibility index (Phi) is 5.22. The molecule has 0 aliphatic carbocycles. The molecule has 0 saturated carbocycles. The zero-order valence-corrected chi connectivity index (χ0v) is 14.5. The SMILES string of the molecule is CCN1C(=O)CSC1=NC(=O)Nc1c(Br)cccc1Br. The first kappa shape index (κ1) is 15.5. The molecule has 1 N–H and O–H groups in total. The van der Waals surface area contributed by atoms with Gasteiger partial charge in [0.1, 0.15) is 0 Å². The smallest absolute Gasteiger partial charge is 0.304 e. The Morgan fingerprint density at radius 3 is 2.70 bits per heavy atom. The Bertz CT molecular complexity index is 572. The van der Waals surface area contributed by atoms with Gasteiger partial charge in [0.25, 0.3) is 0 Å². The Balaban J connectivity index is 2.15. The Labute approximate surface area is 137 Å². The summed E-state index contributed by atoms with van der Waals surface area (Å²) >= 11 is 7.99. The lowest BCUT2D eigenvalue weighted by molar-refractivity contribution is -0.123. The maximum absolute atomic E-state index is 11.9. The molecule has 1 saturated heterocycles. The highest BCUT2D eigenvalue weighted by molar-refractivity contribution is 9.11. The number of benzene rings is 1. The summed E-state index contributed by atoms with van der Waals surface area (Å²) in [7, 11) is 0. The Morgan fingerprint density at radius 2 is 2.10 bits per heavy atom. The number of amides is 3. The van der Waals surface area contributed by atoms with Crippen molar-refractivity contribution < 1.29 is 9.59 Å². The number of halogens is 2.